The highest BCUT2D eigenvalue weighted by atomic mass is 16.6. The Hall–Kier alpha value is -1.79. The highest BCUT2D eigenvalue weighted by molar-refractivity contribution is 5.92. The minimum absolute atomic E-state index is 0.107. The molecular weight excluding hydrogens is 334 g/mol. The standard InChI is InChI=1S/C19H35N3O4/c1-7-8-11-20-16(23)14-10-9-12-22(14)17(24)15(13(2)3)21-18(25)26-19(4,5)6/h13-15H,7-12H2,1-6H3,(H,20,23)(H,21,25)/t14-,15+/m1/s1. The third-order valence-electron chi connectivity index (χ3n) is 4.27. The molecule has 26 heavy (non-hydrogen) atoms. The Bertz CT molecular complexity index is 500. The molecule has 1 fully saturated rings. The summed E-state index contributed by atoms with van der Waals surface area (Å²) in [5.74, 6) is -0.442. The van der Waals surface area contributed by atoms with Crippen molar-refractivity contribution >= 4 is 17.9 Å². The lowest BCUT2D eigenvalue weighted by Gasteiger charge is -2.31. The quantitative estimate of drug-likeness (QED) is 0.675. The summed E-state index contributed by atoms with van der Waals surface area (Å²) in [6, 6.07) is -1.17. The molecule has 0 unspecified atom stereocenters. The number of carbonyl (C=O) groups excluding carboxylic acids is 3. The van der Waals surface area contributed by atoms with Gasteiger partial charge in [0.05, 0.1) is 0 Å². The molecule has 2 atom stereocenters. The second kappa shape index (κ2) is 9.78. The summed E-state index contributed by atoms with van der Waals surface area (Å²) in [6.07, 6.45) is 2.74. The Kier molecular flexibility index (Phi) is 8.37. The number of ether oxygens (including phenoxy) is 1. The second-order valence-electron chi connectivity index (χ2n) is 8.20. The van der Waals surface area contributed by atoms with Crippen LogP contribution in [0.2, 0.25) is 0 Å². The molecule has 1 saturated heterocycles. The van der Waals surface area contributed by atoms with Crippen molar-refractivity contribution in [2.75, 3.05) is 13.1 Å². The molecule has 150 valence electrons. The smallest absolute Gasteiger partial charge is 0.408 e. The molecular formula is C19H35N3O4. The van der Waals surface area contributed by atoms with Gasteiger partial charge in [0, 0.05) is 13.1 Å². The van der Waals surface area contributed by atoms with E-state index in [1.165, 1.54) is 0 Å². The molecule has 0 radical (unpaired) electrons. The van der Waals surface area contributed by atoms with Gasteiger partial charge < -0.3 is 20.3 Å². The van der Waals surface area contributed by atoms with Crippen LogP contribution in [0.25, 0.3) is 0 Å². The maximum absolute atomic E-state index is 13.0. The summed E-state index contributed by atoms with van der Waals surface area (Å²) >= 11 is 0. The number of amides is 3. The minimum Gasteiger partial charge on any atom is -0.444 e. The van der Waals surface area contributed by atoms with Crippen LogP contribution in [0, 0.1) is 5.92 Å². The van der Waals surface area contributed by atoms with Crippen molar-refractivity contribution in [3.63, 3.8) is 0 Å². The van der Waals surface area contributed by atoms with E-state index < -0.39 is 23.8 Å². The second-order valence-corrected chi connectivity index (χ2v) is 8.20. The Balaban J connectivity index is 2.77. The van der Waals surface area contributed by atoms with Crippen molar-refractivity contribution in [3.05, 3.63) is 0 Å². The average molecular weight is 370 g/mol. The Morgan fingerprint density at radius 1 is 1.23 bits per heavy atom. The van der Waals surface area contributed by atoms with Crippen molar-refractivity contribution < 1.29 is 19.1 Å². The van der Waals surface area contributed by atoms with Crippen molar-refractivity contribution in [2.45, 2.75) is 84.9 Å². The van der Waals surface area contributed by atoms with Crippen molar-refractivity contribution in [1.82, 2.24) is 15.5 Å². The molecule has 1 rings (SSSR count). The molecule has 0 aromatic carbocycles. The minimum atomic E-state index is -0.714. The van der Waals surface area contributed by atoms with Gasteiger partial charge in [0.25, 0.3) is 0 Å². The first kappa shape index (κ1) is 22.3. The first-order valence-corrected chi connectivity index (χ1v) is 9.64. The number of nitrogens with one attached hydrogen (secondary N) is 2. The zero-order valence-corrected chi connectivity index (χ0v) is 17.1. The van der Waals surface area contributed by atoms with Crippen LogP contribution in [0.4, 0.5) is 4.79 Å². The largest absolute Gasteiger partial charge is 0.444 e. The molecule has 0 aromatic heterocycles. The van der Waals surface area contributed by atoms with Gasteiger partial charge >= 0.3 is 6.09 Å². The fraction of sp³-hybridized carbons (Fsp3) is 0.842. The predicted molar refractivity (Wildman–Crippen MR) is 101 cm³/mol. The van der Waals surface area contributed by atoms with Crippen LogP contribution in [-0.2, 0) is 14.3 Å². The van der Waals surface area contributed by atoms with Crippen LogP contribution in [0.5, 0.6) is 0 Å². The molecule has 2 N–H and O–H groups in total. The van der Waals surface area contributed by atoms with Crippen LogP contribution < -0.4 is 10.6 Å². The van der Waals surface area contributed by atoms with E-state index in [4.69, 9.17) is 4.74 Å². The van der Waals surface area contributed by atoms with Crippen LogP contribution in [-0.4, -0.2) is 53.6 Å². The van der Waals surface area contributed by atoms with E-state index in [2.05, 4.69) is 17.6 Å². The number of unbranched alkanes of at least 4 members (excludes halogenated alkanes) is 1. The van der Waals surface area contributed by atoms with Crippen LogP contribution in [0.1, 0.15) is 67.2 Å². The van der Waals surface area contributed by atoms with Gasteiger partial charge in [-0.15, -0.1) is 0 Å². The molecule has 0 spiro atoms. The maximum atomic E-state index is 13.0. The summed E-state index contributed by atoms with van der Waals surface area (Å²) in [5, 5.41) is 5.58. The Morgan fingerprint density at radius 3 is 2.42 bits per heavy atom. The van der Waals surface area contributed by atoms with Gasteiger partial charge in [0.1, 0.15) is 17.7 Å². The number of carbonyl (C=O) groups is 3. The molecule has 0 aromatic rings. The molecule has 7 nitrogen and oxygen atoms in total. The number of likely N-dealkylation sites (tertiary alicyclic amines) is 1. The predicted octanol–water partition coefficient (Wildman–Crippen LogP) is 2.44. The van der Waals surface area contributed by atoms with Gasteiger partial charge in [-0.1, -0.05) is 27.2 Å². The van der Waals surface area contributed by atoms with Gasteiger partial charge in [0.15, 0.2) is 0 Å². The summed E-state index contributed by atoms with van der Waals surface area (Å²) in [5.41, 5.74) is -0.635. The fourth-order valence-corrected chi connectivity index (χ4v) is 2.94. The van der Waals surface area contributed by atoms with E-state index in [0.29, 0.717) is 19.5 Å². The third-order valence-corrected chi connectivity index (χ3v) is 4.27. The lowest BCUT2D eigenvalue weighted by Crippen LogP contribution is -2.55. The molecule has 1 heterocycles. The molecule has 7 heteroatoms. The van der Waals surface area contributed by atoms with E-state index >= 15 is 0 Å². The van der Waals surface area contributed by atoms with Crippen LogP contribution in [0.3, 0.4) is 0 Å². The van der Waals surface area contributed by atoms with Gasteiger partial charge in [-0.25, -0.2) is 4.79 Å². The normalized spacial score (nSPS) is 18.6. The third kappa shape index (κ3) is 6.84. The molecule has 1 aliphatic rings. The molecule has 0 bridgehead atoms. The Labute approximate surface area is 157 Å². The van der Waals surface area contributed by atoms with E-state index in [1.807, 2.05) is 13.8 Å². The summed E-state index contributed by atoms with van der Waals surface area (Å²) < 4.78 is 5.27. The average Bonchev–Trinajstić information content (AvgIpc) is 2.99. The topological polar surface area (TPSA) is 87.7 Å². The van der Waals surface area contributed by atoms with Crippen molar-refractivity contribution in [3.8, 4) is 0 Å². The summed E-state index contributed by atoms with van der Waals surface area (Å²) in [4.78, 5) is 39.1. The number of nitrogens with zero attached hydrogens (tertiary/aromatic N) is 1. The van der Waals surface area contributed by atoms with Gasteiger partial charge in [-0.05, 0) is 46.0 Å². The van der Waals surface area contributed by atoms with Gasteiger partial charge in [-0.2, -0.15) is 0 Å². The highest BCUT2D eigenvalue weighted by Crippen LogP contribution is 2.21. The monoisotopic (exact) mass is 369 g/mol. The summed E-state index contributed by atoms with van der Waals surface area (Å²) in [6.45, 7) is 12.3. The molecule has 0 saturated carbocycles. The maximum Gasteiger partial charge on any atom is 0.408 e. The lowest BCUT2D eigenvalue weighted by atomic mass is 10.0. The van der Waals surface area contributed by atoms with Gasteiger partial charge in [-0.3, -0.25) is 9.59 Å². The van der Waals surface area contributed by atoms with Crippen molar-refractivity contribution in [2.24, 2.45) is 5.92 Å². The van der Waals surface area contributed by atoms with E-state index in [-0.39, 0.29) is 17.7 Å². The van der Waals surface area contributed by atoms with Gasteiger partial charge in [0.2, 0.25) is 11.8 Å². The van der Waals surface area contributed by atoms with Crippen LogP contribution in [0.15, 0.2) is 0 Å². The zero-order valence-electron chi connectivity index (χ0n) is 17.1. The number of rotatable bonds is 7. The number of hydrogen-bond acceptors (Lipinski definition) is 4. The number of alkyl carbamates (subject to hydrolysis) is 1. The van der Waals surface area contributed by atoms with Crippen molar-refractivity contribution in [1.29, 1.82) is 0 Å². The SMILES string of the molecule is CCCCNC(=O)[C@H]1CCCN1C(=O)[C@@H](NC(=O)OC(C)(C)C)C(C)C. The van der Waals surface area contributed by atoms with E-state index in [9.17, 15) is 14.4 Å². The zero-order chi connectivity index (χ0) is 19.9. The Morgan fingerprint density at radius 2 is 1.88 bits per heavy atom. The van der Waals surface area contributed by atoms with E-state index in [1.54, 1.807) is 25.7 Å². The first-order chi connectivity index (χ1) is 12.1. The number of hydrogen-bond donors (Lipinski definition) is 2. The summed E-state index contributed by atoms with van der Waals surface area (Å²) in [7, 11) is 0. The molecule has 0 aliphatic carbocycles. The van der Waals surface area contributed by atoms with Crippen LogP contribution >= 0.6 is 0 Å². The first-order valence-electron chi connectivity index (χ1n) is 9.64. The molecule has 1 aliphatic heterocycles. The highest BCUT2D eigenvalue weighted by Gasteiger charge is 2.38. The fourth-order valence-electron chi connectivity index (χ4n) is 2.94. The van der Waals surface area contributed by atoms with E-state index in [0.717, 1.165) is 19.3 Å². The molecule has 3 amide bonds. The lowest BCUT2D eigenvalue weighted by molar-refractivity contribution is -0.140.